The average Bonchev–Trinajstić information content (AvgIpc) is 3.10. The zero-order valence-corrected chi connectivity index (χ0v) is 20.8. The molecule has 2 N–H and O–H groups in total. The Balaban J connectivity index is 1.87. The Hall–Kier alpha value is -3.95. The largest absolute Gasteiger partial charge is 0.508 e. The highest BCUT2D eigenvalue weighted by Crippen LogP contribution is 2.35. The maximum absolute atomic E-state index is 11.3. The lowest BCUT2D eigenvalue weighted by atomic mass is 10.1. The van der Waals surface area contributed by atoms with E-state index in [0.717, 1.165) is 15.8 Å². The molecule has 0 spiro atoms. The van der Waals surface area contributed by atoms with Crippen LogP contribution in [0.3, 0.4) is 0 Å². The van der Waals surface area contributed by atoms with Crippen LogP contribution in [0.4, 0.5) is 11.4 Å². The Labute approximate surface area is 212 Å². The number of nitrogens with zero attached hydrogens (tertiary/aromatic N) is 3. The molecular formula is C26H20BrN3O4S. The third-order valence-electron chi connectivity index (χ3n) is 5.21. The van der Waals surface area contributed by atoms with Gasteiger partial charge in [-0.25, -0.2) is 4.99 Å². The number of aromatic hydroxyl groups is 1. The van der Waals surface area contributed by atoms with Crippen LogP contribution in [-0.2, 0) is 6.54 Å². The Kier molecular flexibility index (Phi) is 6.99. The summed E-state index contributed by atoms with van der Waals surface area (Å²) in [7, 11) is 0. The molecule has 0 saturated heterocycles. The van der Waals surface area contributed by atoms with E-state index in [9.17, 15) is 20.3 Å². The van der Waals surface area contributed by atoms with Gasteiger partial charge in [0.05, 0.1) is 31.5 Å². The van der Waals surface area contributed by atoms with E-state index in [2.05, 4.69) is 29.1 Å². The molecular weight excluding hydrogens is 530 g/mol. The van der Waals surface area contributed by atoms with Crippen molar-refractivity contribution < 1.29 is 15.1 Å². The Morgan fingerprint density at radius 1 is 1.17 bits per heavy atom. The maximum Gasteiger partial charge on any atom is 0.312 e. The zero-order valence-electron chi connectivity index (χ0n) is 18.4. The number of aromatic nitrogens is 1. The molecule has 0 atom stereocenters. The lowest BCUT2D eigenvalue weighted by Crippen LogP contribution is -2.31. The predicted molar refractivity (Wildman–Crippen MR) is 142 cm³/mol. The number of nitro groups is 1. The highest BCUT2D eigenvalue weighted by Gasteiger charge is 2.17. The van der Waals surface area contributed by atoms with Gasteiger partial charge in [-0.1, -0.05) is 67.0 Å². The third kappa shape index (κ3) is 5.42. The van der Waals surface area contributed by atoms with Crippen molar-refractivity contribution in [1.82, 2.24) is 4.57 Å². The number of phenolic OH excluding ortho intramolecular Hbond substituents is 1. The summed E-state index contributed by atoms with van der Waals surface area (Å²) >= 11 is 4.59. The molecule has 0 unspecified atom stereocenters. The number of benzene rings is 3. The van der Waals surface area contributed by atoms with E-state index in [0.29, 0.717) is 27.8 Å². The summed E-state index contributed by atoms with van der Waals surface area (Å²) < 4.78 is 2.97. The second-order valence-corrected chi connectivity index (χ2v) is 9.51. The van der Waals surface area contributed by atoms with Gasteiger partial charge in [-0.2, -0.15) is 0 Å². The number of hydrogen-bond acceptors (Lipinski definition) is 6. The number of hydrogen-bond donors (Lipinski definition) is 2. The SMILES string of the molecule is C=C(O)c1ccc(Cn2c(=Nc3ccccc3)s/c(=C\c3cc(Br)c(O)c([N+](=O)[O-])c3)c2=C)cc1. The van der Waals surface area contributed by atoms with Crippen molar-refractivity contribution >= 4 is 57.1 Å². The fourth-order valence-corrected chi connectivity index (χ4v) is 4.92. The van der Waals surface area contributed by atoms with E-state index in [1.54, 1.807) is 24.3 Å². The van der Waals surface area contributed by atoms with Crippen LogP contribution in [0.5, 0.6) is 5.75 Å². The van der Waals surface area contributed by atoms with Gasteiger partial charge in [0.25, 0.3) is 0 Å². The molecule has 9 heteroatoms. The van der Waals surface area contributed by atoms with Gasteiger partial charge in [-0.05, 0) is 51.3 Å². The Morgan fingerprint density at radius 2 is 1.86 bits per heavy atom. The molecule has 0 aliphatic carbocycles. The van der Waals surface area contributed by atoms with Gasteiger partial charge in [0.1, 0.15) is 5.76 Å². The molecule has 0 aliphatic rings. The molecule has 0 amide bonds. The first-order valence-electron chi connectivity index (χ1n) is 10.4. The smallest absolute Gasteiger partial charge is 0.312 e. The number of para-hydroxylation sites is 1. The van der Waals surface area contributed by atoms with Crippen molar-refractivity contribution in [3.05, 3.63) is 119 Å². The highest BCUT2D eigenvalue weighted by molar-refractivity contribution is 9.10. The van der Waals surface area contributed by atoms with Gasteiger partial charge in [0, 0.05) is 11.6 Å². The van der Waals surface area contributed by atoms with E-state index < -0.39 is 10.7 Å². The van der Waals surface area contributed by atoms with E-state index in [1.807, 2.05) is 47.0 Å². The first-order chi connectivity index (χ1) is 16.7. The van der Waals surface area contributed by atoms with E-state index in [4.69, 9.17) is 4.99 Å². The minimum Gasteiger partial charge on any atom is -0.508 e. The number of thiazole rings is 1. The summed E-state index contributed by atoms with van der Waals surface area (Å²) in [6, 6.07) is 19.8. The van der Waals surface area contributed by atoms with Crippen LogP contribution in [0, 0.1) is 10.1 Å². The van der Waals surface area contributed by atoms with Gasteiger partial charge < -0.3 is 14.8 Å². The van der Waals surface area contributed by atoms with Crippen LogP contribution >= 0.6 is 27.3 Å². The monoisotopic (exact) mass is 549 g/mol. The summed E-state index contributed by atoms with van der Waals surface area (Å²) in [6.07, 6.45) is 1.78. The second-order valence-electron chi connectivity index (χ2n) is 7.64. The van der Waals surface area contributed by atoms with E-state index in [-0.39, 0.29) is 15.9 Å². The molecule has 1 aromatic heterocycles. The topological polar surface area (TPSA) is 101 Å². The summed E-state index contributed by atoms with van der Waals surface area (Å²) in [5.41, 5.74) is 2.55. The normalized spacial score (nSPS) is 12.1. The molecule has 3 aromatic carbocycles. The summed E-state index contributed by atoms with van der Waals surface area (Å²) in [5, 5.41) is 31.6. The summed E-state index contributed by atoms with van der Waals surface area (Å²) in [6.45, 7) is 8.28. The Bertz CT molecular complexity index is 1610. The van der Waals surface area contributed by atoms with Gasteiger partial charge >= 0.3 is 5.69 Å². The van der Waals surface area contributed by atoms with Crippen LogP contribution in [0.15, 0.2) is 82.8 Å². The minimum absolute atomic E-state index is 0.00314. The molecule has 0 saturated carbocycles. The third-order valence-corrected chi connectivity index (χ3v) is 6.88. The molecule has 0 fully saturated rings. The minimum atomic E-state index is -0.627. The first kappa shape index (κ1) is 24.2. The van der Waals surface area contributed by atoms with Crippen LogP contribution < -0.4 is 14.7 Å². The van der Waals surface area contributed by atoms with Crippen molar-refractivity contribution in [1.29, 1.82) is 0 Å². The molecule has 0 radical (unpaired) electrons. The standard InChI is InChI=1S/C26H20BrN3O4S/c1-16-24(14-19-12-22(27)25(32)23(13-19)30(33)34)35-26(28-21-6-4-3-5-7-21)29(16)15-18-8-10-20(11-9-18)17(2)31/h3-14,31-32H,1-2,15H2/b24-14-,28-26?. The molecule has 7 nitrogen and oxygen atoms in total. The quantitative estimate of drug-likeness (QED) is 0.201. The Morgan fingerprint density at radius 3 is 2.49 bits per heavy atom. The fraction of sp³-hybridized carbons (Fsp3) is 0.0385. The molecule has 4 rings (SSSR count). The van der Waals surface area contributed by atoms with Crippen molar-refractivity contribution in [2.24, 2.45) is 4.99 Å². The van der Waals surface area contributed by atoms with Gasteiger partial charge in [0.15, 0.2) is 4.80 Å². The highest BCUT2D eigenvalue weighted by atomic mass is 79.9. The van der Waals surface area contributed by atoms with Crippen molar-refractivity contribution in [3.8, 4) is 5.75 Å². The van der Waals surface area contributed by atoms with Crippen LogP contribution in [0.1, 0.15) is 16.7 Å². The van der Waals surface area contributed by atoms with Crippen molar-refractivity contribution in [2.45, 2.75) is 6.54 Å². The van der Waals surface area contributed by atoms with Crippen molar-refractivity contribution in [2.75, 3.05) is 0 Å². The summed E-state index contributed by atoms with van der Waals surface area (Å²) in [4.78, 5) is 16.2. The maximum atomic E-state index is 11.3. The molecule has 176 valence electrons. The van der Waals surface area contributed by atoms with Gasteiger partial charge in [-0.15, -0.1) is 0 Å². The van der Waals surface area contributed by atoms with E-state index in [1.165, 1.54) is 17.4 Å². The molecule has 35 heavy (non-hydrogen) atoms. The number of aliphatic hydroxyl groups excluding tert-OH is 1. The van der Waals surface area contributed by atoms with Gasteiger partial charge in [-0.3, -0.25) is 10.1 Å². The fourth-order valence-electron chi connectivity index (χ4n) is 3.40. The number of halogens is 1. The lowest BCUT2D eigenvalue weighted by molar-refractivity contribution is -0.386. The number of rotatable bonds is 6. The first-order valence-corrected chi connectivity index (χ1v) is 12.0. The average molecular weight is 550 g/mol. The number of phenols is 1. The van der Waals surface area contributed by atoms with E-state index >= 15 is 0 Å². The second kappa shape index (κ2) is 10.1. The molecule has 0 aliphatic heterocycles. The lowest BCUT2D eigenvalue weighted by Gasteiger charge is -2.06. The zero-order chi connectivity index (χ0) is 25.1. The number of aliphatic hydroxyl groups is 1. The van der Waals surface area contributed by atoms with Crippen LogP contribution in [0.2, 0.25) is 0 Å². The molecule has 1 heterocycles. The molecule has 0 bridgehead atoms. The number of nitro benzene ring substituents is 1. The predicted octanol–water partition coefficient (Wildman–Crippen LogP) is 4.97. The van der Waals surface area contributed by atoms with Gasteiger partial charge in [0.2, 0.25) is 5.75 Å². The van der Waals surface area contributed by atoms with Crippen molar-refractivity contribution in [3.63, 3.8) is 0 Å². The molecule has 4 aromatic rings. The van der Waals surface area contributed by atoms with Crippen LogP contribution in [-0.4, -0.2) is 19.7 Å². The van der Waals surface area contributed by atoms with Crippen LogP contribution in [0.25, 0.3) is 18.4 Å². The summed E-state index contributed by atoms with van der Waals surface area (Å²) in [5.74, 6) is -0.416.